The van der Waals surface area contributed by atoms with Crippen molar-refractivity contribution in [3.8, 4) is 0 Å². The molecule has 128 valence electrons. The van der Waals surface area contributed by atoms with Crippen molar-refractivity contribution in [3.63, 3.8) is 0 Å². The Morgan fingerprint density at radius 2 is 1.76 bits per heavy atom. The highest BCUT2D eigenvalue weighted by molar-refractivity contribution is 6.06. The van der Waals surface area contributed by atoms with Gasteiger partial charge in [-0.15, -0.1) is 0 Å². The van der Waals surface area contributed by atoms with Crippen LogP contribution in [0.15, 0.2) is 54.6 Å². The molecule has 1 aliphatic heterocycles. The normalized spacial score (nSPS) is 17.0. The average molecular weight is 337 g/mol. The van der Waals surface area contributed by atoms with Crippen LogP contribution in [0, 0.1) is 0 Å². The summed E-state index contributed by atoms with van der Waals surface area (Å²) in [5, 5.41) is 13.7. The van der Waals surface area contributed by atoms with Crippen LogP contribution in [0.25, 0.3) is 0 Å². The van der Waals surface area contributed by atoms with Gasteiger partial charge in [0, 0.05) is 12.2 Å². The summed E-state index contributed by atoms with van der Waals surface area (Å²) in [6, 6.07) is 14.9. The lowest BCUT2D eigenvalue weighted by atomic mass is 10.1. The molecule has 0 bridgehead atoms. The minimum absolute atomic E-state index is 0.0591. The van der Waals surface area contributed by atoms with Crippen molar-refractivity contribution in [1.29, 1.82) is 0 Å². The van der Waals surface area contributed by atoms with Crippen LogP contribution in [0.5, 0.6) is 0 Å². The number of likely N-dealkylation sites (tertiary alicyclic amines) is 1. The third kappa shape index (κ3) is 3.85. The van der Waals surface area contributed by atoms with Crippen LogP contribution < -0.4 is 10.4 Å². The lowest BCUT2D eigenvalue weighted by molar-refractivity contribution is -0.255. The smallest absolute Gasteiger partial charge is 0.252 e. The molecule has 2 amide bonds. The molecule has 1 N–H and O–H groups in total. The van der Waals surface area contributed by atoms with E-state index in [1.165, 1.54) is 17.0 Å². The summed E-state index contributed by atoms with van der Waals surface area (Å²) in [7, 11) is 0. The first-order valence-electron chi connectivity index (χ1n) is 8.00. The van der Waals surface area contributed by atoms with Gasteiger partial charge < -0.3 is 15.2 Å². The van der Waals surface area contributed by atoms with Gasteiger partial charge in [0.1, 0.15) is 6.04 Å². The van der Waals surface area contributed by atoms with Gasteiger partial charge in [-0.3, -0.25) is 14.5 Å². The molecule has 0 saturated carbocycles. The number of carboxylic acid groups (broad SMARTS) is 1. The fraction of sp³-hybridized carbons (Fsp3) is 0.211. The Bertz CT molecular complexity index is 787. The maximum Gasteiger partial charge on any atom is 0.252 e. The van der Waals surface area contributed by atoms with Crippen molar-refractivity contribution in [1.82, 2.24) is 4.90 Å². The molecule has 1 fully saturated rings. The molecule has 2 aromatic rings. The summed E-state index contributed by atoms with van der Waals surface area (Å²) < 4.78 is 0. The number of carboxylic acids is 1. The number of amides is 2. The number of imide groups is 1. The Balaban J connectivity index is 1.61. The number of aromatic carboxylic acids is 1. The molecule has 0 spiro atoms. The van der Waals surface area contributed by atoms with Crippen molar-refractivity contribution in [2.45, 2.75) is 18.9 Å². The second kappa shape index (κ2) is 7.17. The minimum atomic E-state index is -1.26. The number of carbonyl (C=O) groups is 3. The van der Waals surface area contributed by atoms with Gasteiger partial charge in [0.2, 0.25) is 5.91 Å². The maximum atomic E-state index is 12.5. The number of nitrogens with one attached hydrogen (secondary N) is 1. The van der Waals surface area contributed by atoms with Crippen molar-refractivity contribution >= 4 is 23.5 Å². The van der Waals surface area contributed by atoms with E-state index in [4.69, 9.17) is 0 Å². The summed E-state index contributed by atoms with van der Waals surface area (Å²) in [6.07, 6.45) is 0.710. The lowest BCUT2D eigenvalue weighted by Crippen LogP contribution is -2.36. The molecule has 1 aliphatic rings. The third-order valence-corrected chi connectivity index (χ3v) is 4.17. The predicted octanol–water partition coefficient (Wildman–Crippen LogP) is 0.832. The third-order valence-electron chi connectivity index (χ3n) is 4.17. The minimum Gasteiger partial charge on any atom is -0.545 e. The topological polar surface area (TPSA) is 89.5 Å². The van der Waals surface area contributed by atoms with E-state index in [0.29, 0.717) is 18.7 Å². The quantitative estimate of drug-likeness (QED) is 0.789. The second-order valence-electron chi connectivity index (χ2n) is 5.89. The van der Waals surface area contributed by atoms with Gasteiger partial charge in [-0.25, -0.2) is 0 Å². The van der Waals surface area contributed by atoms with Crippen LogP contribution in [0.1, 0.15) is 22.3 Å². The lowest BCUT2D eigenvalue weighted by Gasteiger charge is -2.16. The van der Waals surface area contributed by atoms with E-state index in [2.05, 4.69) is 5.32 Å². The highest BCUT2D eigenvalue weighted by Crippen LogP contribution is 2.19. The van der Waals surface area contributed by atoms with Crippen LogP contribution in [0.4, 0.5) is 5.69 Å². The number of carbonyl (C=O) groups excluding carboxylic acids is 3. The molecule has 6 heteroatoms. The molecule has 25 heavy (non-hydrogen) atoms. The van der Waals surface area contributed by atoms with Crippen molar-refractivity contribution in [3.05, 3.63) is 65.7 Å². The average Bonchev–Trinajstić information content (AvgIpc) is 2.88. The highest BCUT2D eigenvalue weighted by atomic mass is 16.4. The molecule has 1 atom stereocenters. The van der Waals surface area contributed by atoms with Gasteiger partial charge in [0.05, 0.1) is 12.4 Å². The van der Waals surface area contributed by atoms with Crippen LogP contribution >= 0.6 is 0 Å². The van der Waals surface area contributed by atoms with E-state index < -0.39 is 12.0 Å². The number of hydrogen-bond donors (Lipinski definition) is 1. The first kappa shape index (κ1) is 16.7. The first-order chi connectivity index (χ1) is 12.0. The molecule has 3 rings (SSSR count). The number of benzene rings is 2. The number of nitrogens with zero attached hydrogens (tertiary/aromatic N) is 1. The zero-order chi connectivity index (χ0) is 17.8. The molecule has 1 heterocycles. The van der Waals surface area contributed by atoms with E-state index in [1.54, 1.807) is 12.1 Å². The molecule has 0 radical (unpaired) electrons. The van der Waals surface area contributed by atoms with Crippen molar-refractivity contribution in [2.24, 2.45) is 0 Å². The van der Waals surface area contributed by atoms with Crippen LogP contribution in [-0.2, 0) is 16.0 Å². The Labute approximate surface area is 145 Å². The van der Waals surface area contributed by atoms with Gasteiger partial charge in [0.25, 0.3) is 5.91 Å². The van der Waals surface area contributed by atoms with Crippen LogP contribution in [0.3, 0.4) is 0 Å². The Hall–Kier alpha value is -3.15. The molecule has 6 nitrogen and oxygen atoms in total. The zero-order valence-corrected chi connectivity index (χ0v) is 13.5. The highest BCUT2D eigenvalue weighted by Gasteiger charge is 2.38. The summed E-state index contributed by atoms with van der Waals surface area (Å²) in [5.74, 6) is -1.72. The standard InChI is InChI=1S/C19H18N2O4/c22-17-12-16(20-15-8-6-14(7-9-15)19(24)25)18(23)21(17)11-10-13-4-2-1-3-5-13/h1-9,16,20H,10-12H2,(H,24,25)/p-1/t16-/m1/s1. The van der Waals surface area contributed by atoms with E-state index >= 15 is 0 Å². The molecule has 0 aliphatic carbocycles. The Morgan fingerprint density at radius 3 is 2.40 bits per heavy atom. The fourth-order valence-electron chi connectivity index (χ4n) is 2.82. The molecular formula is C19H17N2O4-. The van der Waals surface area contributed by atoms with Gasteiger partial charge in [-0.1, -0.05) is 42.5 Å². The summed E-state index contributed by atoms with van der Waals surface area (Å²) in [4.78, 5) is 36.6. The van der Waals surface area contributed by atoms with E-state index in [-0.39, 0.29) is 23.8 Å². The van der Waals surface area contributed by atoms with Gasteiger partial charge in [-0.05, 0) is 29.7 Å². The molecule has 2 aromatic carbocycles. The number of anilines is 1. The predicted molar refractivity (Wildman–Crippen MR) is 89.7 cm³/mol. The fourth-order valence-corrected chi connectivity index (χ4v) is 2.82. The zero-order valence-electron chi connectivity index (χ0n) is 13.5. The number of rotatable bonds is 6. The summed E-state index contributed by atoms with van der Waals surface area (Å²) in [6.45, 7) is 0.351. The SMILES string of the molecule is O=C([O-])c1ccc(N[C@@H]2CC(=O)N(CCc3ccccc3)C2=O)cc1. The van der Waals surface area contributed by atoms with Crippen molar-refractivity contribution in [2.75, 3.05) is 11.9 Å². The summed E-state index contributed by atoms with van der Waals surface area (Å²) >= 11 is 0. The van der Waals surface area contributed by atoms with Gasteiger partial charge in [0.15, 0.2) is 0 Å². The first-order valence-corrected chi connectivity index (χ1v) is 8.00. The largest absolute Gasteiger partial charge is 0.545 e. The monoisotopic (exact) mass is 337 g/mol. The Morgan fingerprint density at radius 1 is 1.08 bits per heavy atom. The summed E-state index contributed by atoms with van der Waals surface area (Å²) in [5.41, 5.74) is 1.71. The maximum absolute atomic E-state index is 12.5. The van der Waals surface area contributed by atoms with E-state index in [1.807, 2.05) is 30.3 Å². The van der Waals surface area contributed by atoms with E-state index in [0.717, 1.165) is 5.56 Å². The van der Waals surface area contributed by atoms with Gasteiger partial charge in [-0.2, -0.15) is 0 Å². The molecule has 1 saturated heterocycles. The molecule has 0 unspecified atom stereocenters. The number of hydrogen-bond acceptors (Lipinski definition) is 5. The molecule has 0 aromatic heterocycles. The van der Waals surface area contributed by atoms with Gasteiger partial charge >= 0.3 is 0 Å². The second-order valence-corrected chi connectivity index (χ2v) is 5.89. The van der Waals surface area contributed by atoms with E-state index in [9.17, 15) is 19.5 Å². The molecular weight excluding hydrogens is 320 g/mol. The van der Waals surface area contributed by atoms with Crippen molar-refractivity contribution < 1.29 is 19.5 Å². The van der Waals surface area contributed by atoms with Crippen LogP contribution in [-0.4, -0.2) is 35.3 Å². The Kier molecular flexibility index (Phi) is 4.79. The van der Waals surface area contributed by atoms with Crippen LogP contribution in [0.2, 0.25) is 0 Å².